The number of nitrogens with one attached hydrogen (secondary N) is 2. The summed E-state index contributed by atoms with van der Waals surface area (Å²) in [7, 11) is 0. The van der Waals surface area contributed by atoms with Gasteiger partial charge in [-0.3, -0.25) is 4.79 Å². The highest BCUT2D eigenvalue weighted by Gasteiger charge is 2.20. The van der Waals surface area contributed by atoms with Crippen molar-refractivity contribution in [3.8, 4) is 0 Å². The van der Waals surface area contributed by atoms with E-state index in [1.165, 1.54) is 12.8 Å². The van der Waals surface area contributed by atoms with Gasteiger partial charge in [0.05, 0.1) is 6.54 Å². The van der Waals surface area contributed by atoms with Crippen molar-refractivity contribution < 1.29 is 9.21 Å². The molecule has 20 heavy (non-hydrogen) atoms. The number of hydrogen-bond donors (Lipinski definition) is 2. The molecule has 1 aliphatic rings. The van der Waals surface area contributed by atoms with Crippen molar-refractivity contribution in [2.75, 3.05) is 19.6 Å². The lowest BCUT2D eigenvalue weighted by Gasteiger charge is -2.05. The number of hydrogen-bond acceptors (Lipinski definition) is 3. The van der Waals surface area contributed by atoms with Crippen LogP contribution < -0.4 is 10.6 Å². The predicted octanol–water partition coefficient (Wildman–Crippen LogP) is 2.09. The maximum atomic E-state index is 11.6. The highest BCUT2D eigenvalue weighted by molar-refractivity contribution is 5.78. The third kappa shape index (κ3) is 3.61. The molecule has 1 saturated carbocycles. The molecule has 4 heteroatoms. The summed E-state index contributed by atoms with van der Waals surface area (Å²) < 4.78 is 5.70. The zero-order valence-corrected chi connectivity index (χ0v) is 11.5. The minimum Gasteiger partial charge on any atom is -0.461 e. The lowest BCUT2D eigenvalue weighted by Crippen LogP contribution is -2.35. The summed E-state index contributed by atoms with van der Waals surface area (Å²) in [6, 6.07) is 9.98. The van der Waals surface area contributed by atoms with Gasteiger partial charge < -0.3 is 15.1 Å². The molecule has 0 unspecified atom stereocenters. The molecule has 0 spiro atoms. The molecule has 4 nitrogen and oxygen atoms in total. The highest BCUT2D eigenvalue weighted by Crippen LogP contribution is 2.27. The molecule has 0 atom stereocenters. The lowest BCUT2D eigenvalue weighted by atomic mass is 10.2. The predicted molar refractivity (Wildman–Crippen MR) is 78.5 cm³/mol. The summed E-state index contributed by atoms with van der Waals surface area (Å²) in [6.45, 7) is 2.00. The molecule has 1 aromatic carbocycles. The second-order valence-corrected chi connectivity index (χ2v) is 5.42. The normalized spacial score (nSPS) is 14.6. The molecule has 1 fully saturated rings. The summed E-state index contributed by atoms with van der Waals surface area (Å²) >= 11 is 0. The minimum absolute atomic E-state index is 0.0572. The van der Waals surface area contributed by atoms with Crippen molar-refractivity contribution in [1.82, 2.24) is 10.6 Å². The third-order valence-electron chi connectivity index (χ3n) is 3.59. The van der Waals surface area contributed by atoms with Gasteiger partial charge in [0.25, 0.3) is 0 Å². The second kappa shape index (κ2) is 6.09. The number of para-hydroxylation sites is 1. The summed E-state index contributed by atoms with van der Waals surface area (Å²) in [5.41, 5.74) is 0.903. The van der Waals surface area contributed by atoms with E-state index in [-0.39, 0.29) is 5.91 Å². The molecule has 2 N–H and O–H groups in total. The van der Waals surface area contributed by atoms with Crippen LogP contribution in [0, 0.1) is 5.92 Å². The first kappa shape index (κ1) is 13.2. The summed E-state index contributed by atoms with van der Waals surface area (Å²) in [5.74, 6) is 1.78. The number of rotatable bonds is 7. The van der Waals surface area contributed by atoms with Crippen LogP contribution in [0.4, 0.5) is 0 Å². The quantitative estimate of drug-likeness (QED) is 0.811. The zero-order chi connectivity index (χ0) is 13.8. The molecule has 0 aliphatic heterocycles. The van der Waals surface area contributed by atoms with Crippen LogP contribution in [0.25, 0.3) is 11.0 Å². The fraction of sp³-hybridized carbons (Fsp3) is 0.438. The summed E-state index contributed by atoms with van der Waals surface area (Å²) in [6.07, 6.45) is 3.34. The van der Waals surface area contributed by atoms with Crippen molar-refractivity contribution in [2.45, 2.75) is 19.3 Å². The van der Waals surface area contributed by atoms with E-state index in [9.17, 15) is 4.79 Å². The Bertz CT molecular complexity index is 554. The van der Waals surface area contributed by atoms with Crippen molar-refractivity contribution in [3.63, 3.8) is 0 Å². The number of carbonyl (C=O) groups excluding carboxylic acids is 1. The molecule has 1 amide bonds. The first-order valence-electron chi connectivity index (χ1n) is 7.26. The van der Waals surface area contributed by atoms with Crippen molar-refractivity contribution in [2.24, 2.45) is 5.92 Å². The SMILES string of the molecule is O=C(CNCC1CC1)NCCc1cc2ccccc2o1. The topological polar surface area (TPSA) is 54.3 Å². The van der Waals surface area contributed by atoms with E-state index in [1.54, 1.807) is 0 Å². The van der Waals surface area contributed by atoms with Crippen LogP contribution in [0.2, 0.25) is 0 Å². The van der Waals surface area contributed by atoms with Crippen LogP contribution in [-0.2, 0) is 11.2 Å². The molecular weight excluding hydrogens is 252 g/mol. The number of benzene rings is 1. The van der Waals surface area contributed by atoms with Crippen LogP contribution in [0.5, 0.6) is 0 Å². The maximum Gasteiger partial charge on any atom is 0.233 e. The average molecular weight is 272 g/mol. The molecule has 3 rings (SSSR count). The van der Waals surface area contributed by atoms with Gasteiger partial charge in [0, 0.05) is 18.4 Å². The molecule has 1 aliphatic carbocycles. The lowest BCUT2D eigenvalue weighted by molar-refractivity contribution is -0.120. The Balaban J connectivity index is 1.38. The van der Waals surface area contributed by atoms with Gasteiger partial charge in [-0.05, 0) is 37.4 Å². The Kier molecular flexibility index (Phi) is 4.02. The van der Waals surface area contributed by atoms with Gasteiger partial charge in [-0.1, -0.05) is 18.2 Å². The van der Waals surface area contributed by atoms with Crippen molar-refractivity contribution >= 4 is 16.9 Å². The Labute approximate surface area is 118 Å². The minimum atomic E-state index is 0.0572. The van der Waals surface area contributed by atoms with E-state index in [2.05, 4.69) is 10.6 Å². The van der Waals surface area contributed by atoms with Crippen LogP contribution in [-0.4, -0.2) is 25.5 Å². The highest BCUT2D eigenvalue weighted by atomic mass is 16.3. The van der Waals surface area contributed by atoms with Gasteiger partial charge in [0.1, 0.15) is 11.3 Å². The molecule has 0 radical (unpaired) electrons. The summed E-state index contributed by atoms with van der Waals surface area (Å²) in [4.78, 5) is 11.6. The number of fused-ring (bicyclic) bond motifs is 1. The molecule has 1 heterocycles. The largest absolute Gasteiger partial charge is 0.461 e. The summed E-state index contributed by atoms with van der Waals surface area (Å²) in [5, 5.41) is 7.20. The first-order chi connectivity index (χ1) is 9.81. The Morgan fingerprint density at radius 2 is 2.15 bits per heavy atom. The van der Waals surface area contributed by atoms with Gasteiger partial charge >= 0.3 is 0 Å². The second-order valence-electron chi connectivity index (χ2n) is 5.42. The molecule has 106 valence electrons. The van der Waals surface area contributed by atoms with Gasteiger partial charge in [-0.2, -0.15) is 0 Å². The van der Waals surface area contributed by atoms with Crippen LogP contribution in [0.3, 0.4) is 0 Å². The van der Waals surface area contributed by atoms with E-state index in [4.69, 9.17) is 4.42 Å². The van der Waals surface area contributed by atoms with E-state index in [0.717, 1.165) is 35.6 Å². The molecular formula is C16H20N2O2. The van der Waals surface area contributed by atoms with Crippen LogP contribution >= 0.6 is 0 Å². The third-order valence-corrected chi connectivity index (χ3v) is 3.59. The molecule has 0 saturated heterocycles. The van der Waals surface area contributed by atoms with Crippen LogP contribution in [0.15, 0.2) is 34.7 Å². The standard InChI is InChI=1S/C16H20N2O2/c19-16(11-17-10-12-5-6-12)18-8-7-14-9-13-3-1-2-4-15(13)20-14/h1-4,9,12,17H,5-8,10-11H2,(H,18,19). The smallest absolute Gasteiger partial charge is 0.233 e. The Hall–Kier alpha value is -1.81. The van der Waals surface area contributed by atoms with Gasteiger partial charge in [0.2, 0.25) is 5.91 Å². The Morgan fingerprint density at radius 1 is 1.30 bits per heavy atom. The molecule has 2 aromatic rings. The van der Waals surface area contributed by atoms with Crippen molar-refractivity contribution in [1.29, 1.82) is 0 Å². The van der Waals surface area contributed by atoms with E-state index in [1.807, 2.05) is 30.3 Å². The monoisotopic (exact) mass is 272 g/mol. The molecule has 1 aromatic heterocycles. The Morgan fingerprint density at radius 3 is 2.95 bits per heavy atom. The average Bonchev–Trinajstić information content (AvgIpc) is 3.17. The van der Waals surface area contributed by atoms with E-state index < -0.39 is 0 Å². The maximum absolute atomic E-state index is 11.6. The van der Waals surface area contributed by atoms with Gasteiger partial charge in [-0.25, -0.2) is 0 Å². The van der Waals surface area contributed by atoms with Gasteiger partial charge in [-0.15, -0.1) is 0 Å². The van der Waals surface area contributed by atoms with Crippen LogP contribution in [0.1, 0.15) is 18.6 Å². The van der Waals surface area contributed by atoms with E-state index >= 15 is 0 Å². The van der Waals surface area contributed by atoms with Gasteiger partial charge in [0.15, 0.2) is 0 Å². The fourth-order valence-corrected chi connectivity index (χ4v) is 2.26. The number of carbonyl (C=O) groups is 1. The number of amides is 1. The van der Waals surface area contributed by atoms with E-state index in [0.29, 0.717) is 13.1 Å². The number of furan rings is 1. The fourth-order valence-electron chi connectivity index (χ4n) is 2.26. The molecule has 0 bridgehead atoms. The first-order valence-corrected chi connectivity index (χ1v) is 7.26. The van der Waals surface area contributed by atoms with Crippen molar-refractivity contribution in [3.05, 3.63) is 36.1 Å². The zero-order valence-electron chi connectivity index (χ0n) is 11.5.